The number of benzene rings is 1. The third kappa shape index (κ3) is 3.85. The lowest BCUT2D eigenvalue weighted by atomic mass is 10.0. The average Bonchev–Trinajstić information content (AvgIpc) is 2.56. The molecule has 0 unspecified atom stereocenters. The van der Waals surface area contributed by atoms with Crippen molar-refractivity contribution >= 4 is 11.6 Å². The van der Waals surface area contributed by atoms with E-state index in [1.54, 1.807) is 0 Å². The minimum Gasteiger partial charge on any atom is -0.378 e. The van der Waals surface area contributed by atoms with Gasteiger partial charge in [0.25, 0.3) is 0 Å². The highest BCUT2D eigenvalue weighted by Crippen LogP contribution is 2.21. The van der Waals surface area contributed by atoms with Crippen LogP contribution in [0.3, 0.4) is 0 Å². The van der Waals surface area contributed by atoms with E-state index in [2.05, 4.69) is 43.0 Å². The van der Waals surface area contributed by atoms with E-state index in [1.165, 1.54) is 5.69 Å². The van der Waals surface area contributed by atoms with Crippen LogP contribution in [0.15, 0.2) is 24.3 Å². The monoisotopic (exact) mass is 318 g/mol. The summed E-state index contributed by atoms with van der Waals surface area (Å²) in [7, 11) is 0. The number of hydrogen-bond donors (Lipinski definition) is 0. The van der Waals surface area contributed by atoms with Gasteiger partial charge in [-0.3, -0.25) is 4.79 Å². The molecule has 1 amide bonds. The zero-order valence-corrected chi connectivity index (χ0v) is 14.1. The van der Waals surface area contributed by atoms with E-state index in [0.717, 1.165) is 31.9 Å². The first-order chi connectivity index (χ1) is 11.1. The normalized spacial score (nSPS) is 21.3. The summed E-state index contributed by atoms with van der Waals surface area (Å²) in [6.07, 6.45) is 0.451. The summed E-state index contributed by atoms with van der Waals surface area (Å²) in [6.45, 7) is 9.47. The summed E-state index contributed by atoms with van der Waals surface area (Å²) in [4.78, 5) is 16.9. The van der Waals surface area contributed by atoms with Crippen LogP contribution in [-0.2, 0) is 20.7 Å². The van der Waals surface area contributed by atoms with Gasteiger partial charge in [0.1, 0.15) is 0 Å². The van der Waals surface area contributed by atoms with Crippen molar-refractivity contribution in [3.63, 3.8) is 0 Å². The van der Waals surface area contributed by atoms with Gasteiger partial charge in [-0.05, 0) is 31.5 Å². The maximum absolute atomic E-state index is 12.6. The van der Waals surface area contributed by atoms with Gasteiger partial charge in [-0.15, -0.1) is 0 Å². The number of morpholine rings is 2. The quantitative estimate of drug-likeness (QED) is 0.851. The largest absolute Gasteiger partial charge is 0.378 e. The fraction of sp³-hybridized carbons (Fsp3) is 0.611. The third-order valence-corrected chi connectivity index (χ3v) is 4.61. The van der Waals surface area contributed by atoms with Crippen molar-refractivity contribution in [1.29, 1.82) is 0 Å². The van der Waals surface area contributed by atoms with Gasteiger partial charge in [0, 0.05) is 25.3 Å². The van der Waals surface area contributed by atoms with Gasteiger partial charge in [-0.25, -0.2) is 0 Å². The molecule has 126 valence electrons. The van der Waals surface area contributed by atoms with Gasteiger partial charge < -0.3 is 19.3 Å². The van der Waals surface area contributed by atoms with Crippen LogP contribution in [0.4, 0.5) is 5.69 Å². The Morgan fingerprint density at radius 3 is 2.35 bits per heavy atom. The van der Waals surface area contributed by atoms with Gasteiger partial charge in [0.15, 0.2) is 0 Å². The van der Waals surface area contributed by atoms with Crippen LogP contribution in [0.5, 0.6) is 0 Å². The van der Waals surface area contributed by atoms with Crippen molar-refractivity contribution in [2.45, 2.75) is 25.8 Å². The van der Waals surface area contributed by atoms with Crippen LogP contribution in [0.2, 0.25) is 0 Å². The van der Waals surface area contributed by atoms with E-state index in [9.17, 15) is 4.79 Å². The number of carbonyl (C=O) groups excluding carboxylic acids is 1. The highest BCUT2D eigenvalue weighted by atomic mass is 16.5. The molecule has 23 heavy (non-hydrogen) atoms. The Bertz CT molecular complexity index is 536. The Hall–Kier alpha value is -1.59. The number of ether oxygens (including phenoxy) is 2. The zero-order valence-electron chi connectivity index (χ0n) is 14.1. The molecule has 0 aliphatic carbocycles. The van der Waals surface area contributed by atoms with E-state index in [4.69, 9.17) is 9.47 Å². The highest BCUT2D eigenvalue weighted by Gasteiger charge is 2.33. The number of rotatable bonds is 3. The molecule has 2 saturated heterocycles. The smallest absolute Gasteiger partial charge is 0.227 e. The van der Waals surface area contributed by atoms with E-state index < -0.39 is 0 Å². The number of nitrogens with zero attached hydrogens (tertiary/aromatic N) is 2. The minimum absolute atomic E-state index is 0.178. The van der Waals surface area contributed by atoms with Crippen LogP contribution in [0, 0.1) is 0 Å². The Kier molecular flexibility index (Phi) is 4.87. The average molecular weight is 318 g/mol. The number of hydrogen-bond acceptors (Lipinski definition) is 4. The van der Waals surface area contributed by atoms with Crippen LogP contribution in [0.25, 0.3) is 0 Å². The number of carbonyl (C=O) groups is 1. The van der Waals surface area contributed by atoms with Crippen molar-refractivity contribution in [1.82, 2.24) is 4.90 Å². The van der Waals surface area contributed by atoms with Crippen LogP contribution in [-0.4, -0.2) is 62.4 Å². The van der Waals surface area contributed by atoms with Crippen molar-refractivity contribution in [3.05, 3.63) is 29.8 Å². The van der Waals surface area contributed by atoms with Crippen LogP contribution >= 0.6 is 0 Å². The molecule has 1 aromatic rings. The fourth-order valence-electron chi connectivity index (χ4n) is 3.24. The maximum Gasteiger partial charge on any atom is 0.227 e. The first-order valence-corrected chi connectivity index (χ1v) is 8.36. The molecule has 0 N–H and O–H groups in total. The molecule has 0 radical (unpaired) electrons. The second-order valence-corrected chi connectivity index (χ2v) is 6.85. The Morgan fingerprint density at radius 2 is 1.70 bits per heavy atom. The lowest BCUT2D eigenvalue weighted by Gasteiger charge is -2.42. The van der Waals surface area contributed by atoms with E-state index in [-0.39, 0.29) is 11.4 Å². The number of amides is 1. The van der Waals surface area contributed by atoms with Crippen molar-refractivity contribution in [2.75, 3.05) is 51.0 Å². The predicted octanol–water partition coefficient (Wildman–Crippen LogP) is 1.70. The van der Waals surface area contributed by atoms with Gasteiger partial charge >= 0.3 is 0 Å². The molecule has 3 rings (SSSR count). The van der Waals surface area contributed by atoms with Crippen molar-refractivity contribution in [3.8, 4) is 0 Å². The fourth-order valence-corrected chi connectivity index (χ4v) is 3.24. The molecule has 5 heteroatoms. The maximum atomic E-state index is 12.6. The Labute approximate surface area is 138 Å². The molecular formula is C18H26N2O3. The van der Waals surface area contributed by atoms with Crippen molar-refractivity contribution < 1.29 is 14.3 Å². The molecule has 0 spiro atoms. The topological polar surface area (TPSA) is 42.0 Å². The SMILES string of the molecule is CC1(C)COCCN1C(=O)Cc1ccc(N2CCOCC2)cc1. The Morgan fingerprint density at radius 1 is 1.04 bits per heavy atom. The molecule has 0 aromatic heterocycles. The van der Waals surface area contributed by atoms with Gasteiger partial charge in [0.2, 0.25) is 5.91 Å². The summed E-state index contributed by atoms with van der Waals surface area (Å²) in [5, 5.41) is 0. The molecule has 2 aliphatic rings. The molecule has 5 nitrogen and oxygen atoms in total. The molecule has 1 aromatic carbocycles. The molecule has 2 heterocycles. The van der Waals surface area contributed by atoms with Crippen LogP contribution < -0.4 is 4.90 Å². The molecule has 0 saturated carbocycles. The van der Waals surface area contributed by atoms with Crippen molar-refractivity contribution in [2.24, 2.45) is 0 Å². The first kappa shape index (κ1) is 16.3. The number of anilines is 1. The van der Waals surface area contributed by atoms with Gasteiger partial charge in [-0.1, -0.05) is 12.1 Å². The highest BCUT2D eigenvalue weighted by molar-refractivity contribution is 5.79. The summed E-state index contributed by atoms with van der Waals surface area (Å²) >= 11 is 0. The summed E-state index contributed by atoms with van der Waals surface area (Å²) < 4.78 is 10.9. The lowest BCUT2D eigenvalue weighted by molar-refractivity contribution is -0.145. The molecule has 2 fully saturated rings. The summed E-state index contributed by atoms with van der Waals surface area (Å²) in [5.74, 6) is 0.178. The zero-order chi connectivity index (χ0) is 16.3. The van der Waals surface area contributed by atoms with Gasteiger partial charge in [0.05, 0.1) is 38.4 Å². The van der Waals surface area contributed by atoms with E-state index in [0.29, 0.717) is 26.2 Å². The standard InChI is InChI=1S/C18H26N2O3/c1-18(2)14-23-12-9-20(18)17(21)13-15-3-5-16(6-4-15)19-7-10-22-11-8-19/h3-6H,7-14H2,1-2H3. The van der Waals surface area contributed by atoms with E-state index >= 15 is 0 Å². The molecular weight excluding hydrogens is 292 g/mol. The van der Waals surface area contributed by atoms with Crippen LogP contribution in [0.1, 0.15) is 19.4 Å². The summed E-state index contributed by atoms with van der Waals surface area (Å²) in [6, 6.07) is 8.35. The summed E-state index contributed by atoms with van der Waals surface area (Å²) in [5.41, 5.74) is 2.05. The first-order valence-electron chi connectivity index (χ1n) is 8.36. The second-order valence-electron chi connectivity index (χ2n) is 6.85. The molecule has 0 atom stereocenters. The molecule has 2 aliphatic heterocycles. The third-order valence-electron chi connectivity index (χ3n) is 4.61. The Balaban J connectivity index is 1.62. The second kappa shape index (κ2) is 6.89. The van der Waals surface area contributed by atoms with E-state index in [1.807, 2.05) is 4.90 Å². The lowest BCUT2D eigenvalue weighted by Crippen LogP contribution is -2.55. The molecule has 0 bridgehead atoms. The predicted molar refractivity (Wildman–Crippen MR) is 89.8 cm³/mol. The van der Waals surface area contributed by atoms with Gasteiger partial charge in [-0.2, -0.15) is 0 Å². The minimum atomic E-state index is -0.219.